The zero-order valence-electron chi connectivity index (χ0n) is 8.76. The lowest BCUT2D eigenvalue weighted by atomic mass is 10.0. The number of halogens is 2. The van der Waals surface area contributed by atoms with Crippen molar-refractivity contribution in [1.29, 1.82) is 0 Å². The van der Waals surface area contributed by atoms with Gasteiger partial charge in [-0.25, -0.2) is 4.39 Å². The Labute approximate surface area is 101 Å². The van der Waals surface area contributed by atoms with E-state index >= 15 is 0 Å². The molecule has 0 saturated carbocycles. The molecule has 0 atom stereocenters. The van der Waals surface area contributed by atoms with Gasteiger partial charge in [-0.1, -0.05) is 0 Å². The first-order chi connectivity index (χ1) is 7.43. The third-order valence-corrected chi connectivity index (χ3v) is 3.00. The van der Waals surface area contributed by atoms with E-state index in [4.69, 9.17) is 5.11 Å². The molecule has 0 saturated heterocycles. The fraction of sp³-hybridized carbons (Fsp3) is 0.364. The van der Waals surface area contributed by atoms with Crippen LogP contribution in [0.1, 0.15) is 24.0 Å². The molecule has 1 rings (SSSR count). The quantitative estimate of drug-likeness (QED) is 0.896. The van der Waals surface area contributed by atoms with Gasteiger partial charge in [0.05, 0.1) is 4.47 Å². The van der Waals surface area contributed by atoms with Crippen LogP contribution < -0.4 is 0 Å². The fourth-order valence-corrected chi connectivity index (χ4v) is 1.92. The van der Waals surface area contributed by atoms with E-state index in [2.05, 4.69) is 15.9 Å². The Hall–Kier alpha value is -1.10. The Kier molecular flexibility index (Phi) is 4.29. The molecule has 16 heavy (non-hydrogen) atoms. The SMILES string of the molecule is Cc1c(F)cc(Br)c(O)c1CCCC(=O)O. The van der Waals surface area contributed by atoms with Crippen LogP contribution in [0.5, 0.6) is 5.75 Å². The van der Waals surface area contributed by atoms with Crippen LogP contribution >= 0.6 is 15.9 Å². The number of aromatic hydroxyl groups is 1. The predicted octanol–water partition coefficient (Wildman–Crippen LogP) is 3.01. The third kappa shape index (κ3) is 2.95. The first-order valence-electron chi connectivity index (χ1n) is 4.81. The maximum Gasteiger partial charge on any atom is 0.303 e. The van der Waals surface area contributed by atoms with Crippen LogP contribution in [0.3, 0.4) is 0 Å². The van der Waals surface area contributed by atoms with E-state index in [0.29, 0.717) is 28.4 Å². The Morgan fingerprint density at radius 2 is 2.19 bits per heavy atom. The maximum absolute atomic E-state index is 13.3. The second-order valence-corrected chi connectivity index (χ2v) is 4.39. The first kappa shape index (κ1) is 13.0. The van der Waals surface area contributed by atoms with Crippen molar-refractivity contribution in [2.75, 3.05) is 0 Å². The van der Waals surface area contributed by atoms with Crippen LogP contribution in [0.2, 0.25) is 0 Å². The molecule has 0 spiro atoms. The van der Waals surface area contributed by atoms with Gasteiger partial charge in [0, 0.05) is 12.0 Å². The first-order valence-corrected chi connectivity index (χ1v) is 5.61. The number of carboxylic acids is 1. The van der Waals surface area contributed by atoms with Crippen LogP contribution in [-0.2, 0) is 11.2 Å². The lowest BCUT2D eigenvalue weighted by Crippen LogP contribution is -1.99. The Morgan fingerprint density at radius 1 is 1.56 bits per heavy atom. The third-order valence-electron chi connectivity index (χ3n) is 2.39. The number of carboxylic acid groups (broad SMARTS) is 1. The summed E-state index contributed by atoms with van der Waals surface area (Å²) in [5.74, 6) is -1.31. The second-order valence-electron chi connectivity index (χ2n) is 3.54. The summed E-state index contributed by atoms with van der Waals surface area (Å²) in [6.45, 7) is 1.57. The van der Waals surface area contributed by atoms with Crippen LogP contribution in [-0.4, -0.2) is 16.2 Å². The van der Waals surface area contributed by atoms with Gasteiger partial charge in [-0.05, 0) is 47.3 Å². The molecule has 0 unspecified atom stereocenters. The summed E-state index contributed by atoms with van der Waals surface area (Å²) in [6.07, 6.45) is 0.729. The van der Waals surface area contributed by atoms with Crippen LogP contribution in [0, 0.1) is 12.7 Å². The number of hydrogen-bond acceptors (Lipinski definition) is 2. The molecule has 5 heteroatoms. The van der Waals surface area contributed by atoms with Crippen molar-refractivity contribution in [3.05, 3.63) is 27.5 Å². The number of phenolic OH excluding ortho intramolecular Hbond substituents is 1. The van der Waals surface area contributed by atoms with Gasteiger partial charge in [-0.15, -0.1) is 0 Å². The smallest absolute Gasteiger partial charge is 0.303 e. The molecular weight excluding hydrogens is 279 g/mol. The Morgan fingerprint density at radius 3 is 2.75 bits per heavy atom. The summed E-state index contributed by atoms with van der Waals surface area (Å²) < 4.78 is 13.6. The van der Waals surface area contributed by atoms with Crippen molar-refractivity contribution >= 4 is 21.9 Å². The van der Waals surface area contributed by atoms with Gasteiger partial charge < -0.3 is 10.2 Å². The van der Waals surface area contributed by atoms with Gasteiger partial charge in [0.15, 0.2) is 0 Å². The van der Waals surface area contributed by atoms with Gasteiger partial charge in [0.25, 0.3) is 0 Å². The number of aliphatic carboxylic acids is 1. The monoisotopic (exact) mass is 290 g/mol. The van der Waals surface area contributed by atoms with Crippen LogP contribution in [0.15, 0.2) is 10.5 Å². The molecule has 0 aliphatic rings. The maximum atomic E-state index is 13.3. The zero-order valence-corrected chi connectivity index (χ0v) is 10.3. The average Bonchev–Trinajstić information content (AvgIpc) is 2.20. The summed E-state index contributed by atoms with van der Waals surface area (Å²) in [5.41, 5.74) is 0.833. The van der Waals surface area contributed by atoms with Gasteiger partial charge in [0.2, 0.25) is 0 Å². The fourth-order valence-electron chi connectivity index (χ4n) is 1.48. The lowest BCUT2D eigenvalue weighted by Gasteiger charge is -2.10. The van der Waals surface area contributed by atoms with Crippen LogP contribution in [0.4, 0.5) is 4.39 Å². The zero-order chi connectivity index (χ0) is 12.3. The van der Waals surface area contributed by atoms with E-state index in [9.17, 15) is 14.3 Å². The van der Waals surface area contributed by atoms with Gasteiger partial charge in [-0.3, -0.25) is 4.79 Å². The molecular formula is C11H12BrFO3. The topological polar surface area (TPSA) is 57.5 Å². The lowest BCUT2D eigenvalue weighted by molar-refractivity contribution is -0.137. The molecule has 0 amide bonds. The molecule has 1 aromatic carbocycles. The van der Waals surface area contributed by atoms with Crippen molar-refractivity contribution in [3.8, 4) is 5.75 Å². The van der Waals surface area contributed by atoms with Crippen molar-refractivity contribution in [1.82, 2.24) is 0 Å². The van der Waals surface area contributed by atoms with Crippen molar-refractivity contribution in [3.63, 3.8) is 0 Å². The highest BCUT2D eigenvalue weighted by Gasteiger charge is 2.13. The van der Waals surface area contributed by atoms with Crippen molar-refractivity contribution in [2.45, 2.75) is 26.2 Å². The number of phenols is 1. The molecule has 0 fully saturated rings. The van der Waals surface area contributed by atoms with E-state index < -0.39 is 11.8 Å². The van der Waals surface area contributed by atoms with Crippen molar-refractivity contribution in [2.24, 2.45) is 0 Å². The average molecular weight is 291 g/mol. The minimum Gasteiger partial charge on any atom is -0.506 e. The minimum absolute atomic E-state index is 0.00696. The highest BCUT2D eigenvalue weighted by molar-refractivity contribution is 9.10. The summed E-state index contributed by atoms with van der Waals surface area (Å²) in [7, 11) is 0. The highest BCUT2D eigenvalue weighted by atomic mass is 79.9. The normalized spacial score (nSPS) is 10.4. The van der Waals surface area contributed by atoms with E-state index in [1.54, 1.807) is 6.92 Å². The molecule has 2 N–H and O–H groups in total. The van der Waals surface area contributed by atoms with E-state index in [0.717, 1.165) is 0 Å². The molecule has 3 nitrogen and oxygen atoms in total. The minimum atomic E-state index is -0.896. The molecule has 1 aromatic rings. The number of carbonyl (C=O) groups is 1. The van der Waals surface area contributed by atoms with E-state index in [1.807, 2.05) is 0 Å². The largest absolute Gasteiger partial charge is 0.506 e. The summed E-state index contributed by atoms with van der Waals surface area (Å²) in [6, 6.07) is 1.20. The molecule has 0 aliphatic carbocycles. The van der Waals surface area contributed by atoms with Gasteiger partial charge >= 0.3 is 5.97 Å². The number of benzene rings is 1. The highest BCUT2D eigenvalue weighted by Crippen LogP contribution is 2.33. The number of hydrogen-bond donors (Lipinski definition) is 2. The Bertz CT molecular complexity index is 392. The Balaban J connectivity index is 2.90. The molecule has 0 bridgehead atoms. The van der Waals surface area contributed by atoms with Gasteiger partial charge in [0.1, 0.15) is 11.6 Å². The van der Waals surface area contributed by atoms with Gasteiger partial charge in [-0.2, -0.15) is 0 Å². The van der Waals surface area contributed by atoms with Crippen molar-refractivity contribution < 1.29 is 19.4 Å². The van der Waals surface area contributed by atoms with E-state index in [1.165, 1.54) is 6.07 Å². The summed E-state index contributed by atoms with van der Waals surface area (Å²) in [4.78, 5) is 10.3. The number of rotatable bonds is 4. The molecule has 0 heterocycles. The predicted molar refractivity (Wildman–Crippen MR) is 61.1 cm³/mol. The molecule has 0 aromatic heterocycles. The molecule has 0 aliphatic heterocycles. The molecule has 88 valence electrons. The summed E-state index contributed by atoms with van der Waals surface area (Å²) >= 11 is 3.05. The van der Waals surface area contributed by atoms with Crippen LogP contribution in [0.25, 0.3) is 0 Å². The standard InChI is InChI=1S/C11H12BrFO3/c1-6-7(3-2-4-10(14)15)11(16)8(12)5-9(6)13/h5,16H,2-4H2,1H3,(H,14,15). The van der Waals surface area contributed by atoms with E-state index in [-0.39, 0.29) is 12.2 Å². The second kappa shape index (κ2) is 5.30. The molecule has 0 radical (unpaired) electrons. The summed E-state index contributed by atoms with van der Waals surface area (Å²) in [5, 5.41) is 18.2.